The summed E-state index contributed by atoms with van der Waals surface area (Å²) >= 11 is 0. The molecule has 3 nitrogen and oxygen atoms in total. The molecule has 0 amide bonds. The van der Waals surface area contributed by atoms with Gasteiger partial charge in [-0.2, -0.15) is 0 Å². The van der Waals surface area contributed by atoms with Gasteiger partial charge in [-0.1, -0.05) is 0 Å². The highest BCUT2D eigenvalue weighted by Gasteiger charge is 1.97. The summed E-state index contributed by atoms with van der Waals surface area (Å²) < 4.78 is 0. The molecule has 0 saturated heterocycles. The first kappa shape index (κ1) is 7.15. The smallest absolute Gasteiger partial charge is 0.129 e. The van der Waals surface area contributed by atoms with Crippen LogP contribution in [0.5, 0.6) is 0 Å². The van der Waals surface area contributed by atoms with Gasteiger partial charge in [0.15, 0.2) is 0 Å². The van der Waals surface area contributed by atoms with E-state index >= 15 is 0 Å². The Kier molecular flexibility index (Phi) is 2.34. The normalized spacial score (nSPS) is 13.0. The molecule has 0 fully saturated rings. The van der Waals surface area contributed by atoms with E-state index < -0.39 is 0 Å². The summed E-state index contributed by atoms with van der Waals surface area (Å²) in [5, 5.41) is 0. The second-order valence-corrected chi connectivity index (χ2v) is 2.35. The Morgan fingerprint density at radius 2 is 2.10 bits per heavy atom. The van der Waals surface area contributed by atoms with Gasteiger partial charge in [0.2, 0.25) is 0 Å². The zero-order chi connectivity index (χ0) is 7.40. The van der Waals surface area contributed by atoms with Crippen molar-refractivity contribution < 1.29 is 0 Å². The van der Waals surface area contributed by atoms with Crippen molar-refractivity contribution in [3.05, 3.63) is 24.3 Å². The van der Waals surface area contributed by atoms with Crippen LogP contribution in [-0.2, 0) is 6.42 Å². The lowest BCUT2D eigenvalue weighted by Crippen LogP contribution is -2.19. The third-order valence-corrected chi connectivity index (χ3v) is 1.12. The van der Waals surface area contributed by atoms with E-state index in [1.807, 2.05) is 6.92 Å². The van der Waals surface area contributed by atoms with Gasteiger partial charge in [0.25, 0.3) is 0 Å². The van der Waals surface area contributed by atoms with E-state index in [0.717, 1.165) is 12.2 Å². The lowest BCUT2D eigenvalue weighted by Gasteiger charge is -2.00. The molecular formula is C7H11N3. The summed E-state index contributed by atoms with van der Waals surface area (Å²) in [6.45, 7) is 1.94. The average Bonchev–Trinajstić information content (AvgIpc) is 1.88. The number of hydrogen-bond donors (Lipinski definition) is 1. The molecule has 0 aliphatic heterocycles. The first-order chi connectivity index (χ1) is 4.79. The average molecular weight is 137 g/mol. The topological polar surface area (TPSA) is 51.8 Å². The summed E-state index contributed by atoms with van der Waals surface area (Å²) in [4.78, 5) is 8.06. The van der Waals surface area contributed by atoms with Gasteiger partial charge >= 0.3 is 0 Å². The molecule has 0 saturated carbocycles. The molecule has 10 heavy (non-hydrogen) atoms. The molecule has 0 spiro atoms. The van der Waals surface area contributed by atoms with E-state index in [-0.39, 0.29) is 6.04 Å². The fraction of sp³-hybridized carbons (Fsp3) is 0.429. The quantitative estimate of drug-likeness (QED) is 0.640. The van der Waals surface area contributed by atoms with Crippen molar-refractivity contribution in [1.29, 1.82) is 0 Å². The molecule has 2 N–H and O–H groups in total. The van der Waals surface area contributed by atoms with Crippen LogP contribution in [0.15, 0.2) is 18.5 Å². The molecule has 0 unspecified atom stereocenters. The fourth-order valence-corrected chi connectivity index (χ4v) is 0.723. The van der Waals surface area contributed by atoms with Gasteiger partial charge in [0.05, 0.1) is 0 Å². The Hall–Kier alpha value is -0.960. The Labute approximate surface area is 60.3 Å². The summed E-state index contributed by atoms with van der Waals surface area (Å²) in [7, 11) is 0. The van der Waals surface area contributed by atoms with E-state index in [4.69, 9.17) is 5.73 Å². The maximum atomic E-state index is 5.54. The second-order valence-electron chi connectivity index (χ2n) is 2.35. The monoisotopic (exact) mass is 137 g/mol. The molecule has 0 aromatic carbocycles. The molecule has 3 heteroatoms. The zero-order valence-corrected chi connectivity index (χ0v) is 5.99. The number of nitrogens with zero attached hydrogens (tertiary/aromatic N) is 2. The van der Waals surface area contributed by atoms with Crippen LogP contribution in [0, 0.1) is 0 Å². The molecule has 0 aliphatic carbocycles. The van der Waals surface area contributed by atoms with E-state index in [0.29, 0.717) is 0 Å². The standard InChI is InChI=1S/C7H11N3/c1-6(8)5-7-9-3-2-4-10-7/h2-4,6H,5,8H2,1H3/t6-/m1/s1. The molecule has 0 bridgehead atoms. The van der Waals surface area contributed by atoms with Crippen molar-refractivity contribution in [2.24, 2.45) is 5.73 Å². The summed E-state index contributed by atoms with van der Waals surface area (Å²) in [5.74, 6) is 0.817. The number of nitrogens with two attached hydrogens (primary N) is 1. The third-order valence-electron chi connectivity index (χ3n) is 1.12. The number of rotatable bonds is 2. The second kappa shape index (κ2) is 3.27. The van der Waals surface area contributed by atoms with Gasteiger partial charge in [-0.25, -0.2) is 9.97 Å². The summed E-state index contributed by atoms with van der Waals surface area (Å²) in [6, 6.07) is 1.94. The minimum atomic E-state index is 0.141. The highest BCUT2D eigenvalue weighted by Crippen LogP contribution is 1.91. The molecular weight excluding hydrogens is 126 g/mol. The summed E-state index contributed by atoms with van der Waals surface area (Å²) in [6.07, 6.45) is 4.20. The predicted molar refractivity (Wildman–Crippen MR) is 39.4 cm³/mol. The van der Waals surface area contributed by atoms with E-state index in [9.17, 15) is 0 Å². The van der Waals surface area contributed by atoms with E-state index in [2.05, 4.69) is 9.97 Å². The molecule has 1 heterocycles. The van der Waals surface area contributed by atoms with Crippen molar-refractivity contribution in [2.75, 3.05) is 0 Å². The van der Waals surface area contributed by atoms with Crippen molar-refractivity contribution in [3.63, 3.8) is 0 Å². The first-order valence-electron chi connectivity index (χ1n) is 3.30. The zero-order valence-electron chi connectivity index (χ0n) is 5.99. The Balaban J connectivity index is 2.59. The van der Waals surface area contributed by atoms with Crippen LogP contribution in [0.2, 0.25) is 0 Å². The Bertz CT molecular complexity index is 183. The molecule has 1 atom stereocenters. The Morgan fingerprint density at radius 1 is 1.50 bits per heavy atom. The van der Waals surface area contributed by atoms with Gasteiger partial charge in [-0.05, 0) is 13.0 Å². The lowest BCUT2D eigenvalue weighted by molar-refractivity contribution is 0.701. The largest absolute Gasteiger partial charge is 0.328 e. The fourth-order valence-electron chi connectivity index (χ4n) is 0.723. The van der Waals surface area contributed by atoms with Gasteiger partial charge in [0.1, 0.15) is 5.82 Å². The van der Waals surface area contributed by atoms with Crippen LogP contribution >= 0.6 is 0 Å². The molecule has 0 radical (unpaired) electrons. The Morgan fingerprint density at radius 3 is 2.60 bits per heavy atom. The van der Waals surface area contributed by atoms with Crippen LogP contribution in [0.1, 0.15) is 12.7 Å². The van der Waals surface area contributed by atoms with Crippen LogP contribution in [0.4, 0.5) is 0 Å². The predicted octanol–water partition coefficient (Wildman–Crippen LogP) is 0.366. The van der Waals surface area contributed by atoms with Gasteiger partial charge < -0.3 is 5.73 Å². The highest BCUT2D eigenvalue weighted by molar-refractivity contribution is 4.90. The van der Waals surface area contributed by atoms with E-state index in [1.165, 1.54) is 0 Å². The van der Waals surface area contributed by atoms with Crippen LogP contribution in [0.25, 0.3) is 0 Å². The number of hydrogen-bond acceptors (Lipinski definition) is 3. The molecule has 0 aliphatic rings. The maximum Gasteiger partial charge on any atom is 0.129 e. The van der Waals surface area contributed by atoms with Gasteiger partial charge in [-0.3, -0.25) is 0 Å². The van der Waals surface area contributed by atoms with Crippen molar-refractivity contribution in [3.8, 4) is 0 Å². The van der Waals surface area contributed by atoms with Crippen LogP contribution in [0.3, 0.4) is 0 Å². The number of aromatic nitrogens is 2. The van der Waals surface area contributed by atoms with Gasteiger partial charge in [-0.15, -0.1) is 0 Å². The molecule has 1 aromatic rings. The molecule has 54 valence electrons. The SMILES string of the molecule is C[C@@H](N)Cc1ncccn1. The van der Waals surface area contributed by atoms with Crippen LogP contribution < -0.4 is 5.73 Å². The maximum absolute atomic E-state index is 5.54. The lowest BCUT2D eigenvalue weighted by atomic mass is 10.2. The van der Waals surface area contributed by atoms with Gasteiger partial charge in [0, 0.05) is 24.9 Å². The highest BCUT2D eigenvalue weighted by atomic mass is 14.9. The van der Waals surface area contributed by atoms with E-state index in [1.54, 1.807) is 18.5 Å². The summed E-state index contributed by atoms with van der Waals surface area (Å²) in [5.41, 5.74) is 5.54. The first-order valence-corrected chi connectivity index (χ1v) is 3.30. The van der Waals surface area contributed by atoms with Crippen molar-refractivity contribution in [2.45, 2.75) is 19.4 Å². The third kappa shape index (κ3) is 2.11. The molecule has 1 aromatic heterocycles. The minimum Gasteiger partial charge on any atom is -0.328 e. The molecule has 1 rings (SSSR count). The van der Waals surface area contributed by atoms with Crippen molar-refractivity contribution >= 4 is 0 Å². The van der Waals surface area contributed by atoms with Crippen molar-refractivity contribution in [1.82, 2.24) is 9.97 Å². The van der Waals surface area contributed by atoms with Crippen LogP contribution in [-0.4, -0.2) is 16.0 Å². The minimum absolute atomic E-state index is 0.141.